The van der Waals surface area contributed by atoms with Gasteiger partial charge < -0.3 is 10.2 Å². The third-order valence-electron chi connectivity index (χ3n) is 3.49. The van der Waals surface area contributed by atoms with Crippen LogP contribution in [0.2, 0.25) is 0 Å². The highest BCUT2D eigenvalue weighted by Crippen LogP contribution is 2.21. The van der Waals surface area contributed by atoms with Gasteiger partial charge in [-0.05, 0) is 19.9 Å². The lowest BCUT2D eigenvalue weighted by Gasteiger charge is -2.23. The topological polar surface area (TPSA) is 64.8 Å². The monoisotopic (exact) mass is 245 g/mol. The summed E-state index contributed by atoms with van der Waals surface area (Å²) < 4.78 is 0. The molecule has 0 bridgehead atoms. The molecule has 1 heterocycles. The molecule has 0 unspecified atom stereocenters. The Morgan fingerprint density at radius 2 is 2.17 bits per heavy atom. The van der Waals surface area contributed by atoms with Gasteiger partial charge in [-0.25, -0.2) is 9.97 Å². The van der Waals surface area contributed by atoms with Crippen molar-refractivity contribution >= 4 is 5.82 Å². The zero-order valence-electron chi connectivity index (χ0n) is 10.8. The predicted octanol–water partition coefficient (Wildman–Crippen LogP) is 1.63. The Bertz CT molecular complexity index is 402. The van der Waals surface area contributed by atoms with Crippen LogP contribution in [-0.4, -0.2) is 41.0 Å². The minimum absolute atomic E-state index is 0.351. The van der Waals surface area contributed by atoms with Crippen LogP contribution in [0.5, 0.6) is 0 Å². The molecule has 96 valence electrons. The van der Waals surface area contributed by atoms with Crippen LogP contribution in [0.4, 0.5) is 5.82 Å². The van der Waals surface area contributed by atoms with Crippen molar-refractivity contribution in [2.24, 2.45) is 0 Å². The van der Waals surface area contributed by atoms with Crippen molar-refractivity contribution in [2.45, 2.75) is 31.7 Å². The summed E-state index contributed by atoms with van der Waals surface area (Å²) in [5.41, 5.74) is 0.351. The van der Waals surface area contributed by atoms with Crippen LogP contribution in [0, 0.1) is 11.3 Å². The van der Waals surface area contributed by atoms with Crippen LogP contribution in [0.3, 0.4) is 0 Å². The van der Waals surface area contributed by atoms with Gasteiger partial charge in [-0.1, -0.05) is 12.8 Å². The average molecular weight is 245 g/mol. The van der Waals surface area contributed by atoms with Gasteiger partial charge in [0.2, 0.25) is 0 Å². The van der Waals surface area contributed by atoms with Crippen molar-refractivity contribution in [3.63, 3.8) is 0 Å². The number of hydrogen-bond acceptors (Lipinski definition) is 5. The van der Waals surface area contributed by atoms with Gasteiger partial charge in [-0.15, -0.1) is 0 Å². The van der Waals surface area contributed by atoms with Crippen molar-refractivity contribution in [2.75, 3.05) is 25.5 Å². The number of nitrogens with one attached hydrogen (secondary N) is 1. The van der Waals surface area contributed by atoms with E-state index in [4.69, 9.17) is 5.26 Å². The van der Waals surface area contributed by atoms with Gasteiger partial charge in [0.15, 0.2) is 5.69 Å². The molecule has 1 fully saturated rings. The predicted molar refractivity (Wildman–Crippen MR) is 70.1 cm³/mol. The molecule has 0 atom stereocenters. The van der Waals surface area contributed by atoms with E-state index in [0.29, 0.717) is 5.69 Å². The molecule has 1 N–H and O–H groups in total. The second-order valence-corrected chi connectivity index (χ2v) is 4.74. The summed E-state index contributed by atoms with van der Waals surface area (Å²) in [6.45, 7) is 1.86. The summed E-state index contributed by atoms with van der Waals surface area (Å²) in [7, 11) is 2.18. The summed E-state index contributed by atoms with van der Waals surface area (Å²) in [6.07, 6.45) is 8.48. The van der Waals surface area contributed by atoms with E-state index in [1.165, 1.54) is 31.9 Å². The molecule has 0 spiro atoms. The van der Waals surface area contributed by atoms with E-state index >= 15 is 0 Å². The summed E-state index contributed by atoms with van der Waals surface area (Å²) in [5.74, 6) is 0.730. The van der Waals surface area contributed by atoms with E-state index in [2.05, 4.69) is 27.2 Å². The van der Waals surface area contributed by atoms with Crippen LogP contribution in [-0.2, 0) is 0 Å². The first-order valence-electron chi connectivity index (χ1n) is 6.46. The highest BCUT2D eigenvalue weighted by Gasteiger charge is 2.18. The standard InChI is InChI=1S/C13H19N5/c1-18(12-4-2-3-5-12)7-6-15-13-10-16-11(8-14)9-17-13/h9-10,12H,2-7H2,1H3,(H,15,17). The minimum atomic E-state index is 0.351. The molecule has 0 aromatic carbocycles. The molecule has 1 aromatic heterocycles. The van der Waals surface area contributed by atoms with Gasteiger partial charge in [0.05, 0.1) is 12.4 Å². The summed E-state index contributed by atoms with van der Waals surface area (Å²) in [4.78, 5) is 10.5. The number of anilines is 1. The largest absolute Gasteiger partial charge is 0.368 e. The van der Waals surface area contributed by atoms with E-state index in [1.54, 1.807) is 6.20 Å². The molecule has 1 saturated carbocycles. The molecule has 5 heteroatoms. The second-order valence-electron chi connectivity index (χ2n) is 4.74. The van der Waals surface area contributed by atoms with E-state index in [-0.39, 0.29) is 0 Å². The number of rotatable bonds is 5. The van der Waals surface area contributed by atoms with Crippen molar-refractivity contribution in [3.05, 3.63) is 18.1 Å². The van der Waals surface area contributed by atoms with Crippen LogP contribution < -0.4 is 5.32 Å². The quantitative estimate of drug-likeness (QED) is 0.854. The first-order chi connectivity index (χ1) is 8.79. The van der Waals surface area contributed by atoms with Gasteiger partial charge in [-0.3, -0.25) is 0 Å². The molecular weight excluding hydrogens is 226 g/mol. The zero-order chi connectivity index (χ0) is 12.8. The number of hydrogen-bond donors (Lipinski definition) is 1. The number of nitriles is 1. The first kappa shape index (κ1) is 12.8. The van der Waals surface area contributed by atoms with E-state index in [1.807, 2.05) is 6.07 Å². The molecular formula is C13H19N5. The minimum Gasteiger partial charge on any atom is -0.368 e. The Kier molecular flexibility index (Phi) is 4.48. The van der Waals surface area contributed by atoms with Crippen LogP contribution >= 0.6 is 0 Å². The SMILES string of the molecule is CN(CCNc1cnc(C#N)cn1)C1CCCC1. The summed E-state index contributed by atoms with van der Waals surface area (Å²) in [6, 6.07) is 2.70. The maximum atomic E-state index is 8.62. The third-order valence-corrected chi connectivity index (χ3v) is 3.49. The normalized spacial score (nSPS) is 15.8. The fraction of sp³-hybridized carbons (Fsp3) is 0.615. The zero-order valence-corrected chi connectivity index (χ0v) is 10.8. The lowest BCUT2D eigenvalue weighted by molar-refractivity contribution is 0.254. The first-order valence-corrected chi connectivity index (χ1v) is 6.46. The molecule has 0 radical (unpaired) electrons. The van der Waals surface area contributed by atoms with Crippen LogP contribution in [0.15, 0.2) is 12.4 Å². The Morgan fingerprint density at radius 3 is 2.78 bits per heavy atom. The highest BCUT2D eigenvalue weighted by atomic mass is 15.1. The number of likely N-dealkylation sites (N-methyl/N-ethyl adjacent to an activating group) is 1. The molecule has 1 aliphatic carbocycles. The molecule has 2 rings (SSSR count). The maximum absolute atomic E-state index is 8.62. The number of nitrogens with zero attached hydrogens (tertiary/aromatic N) is 4. The van der Waals surface area contributed by atoms with Gasteiger partial charge in [0, 0.05) is 19.1 Å². The van der Waals surface area contributed by atoms with Gasteiger partial charge in [0.1, 0.15) is 11.9 Å². The van der Waals surface area contributed by atoms with Gasteiger partial charge >= 0.3 is 0 Å². The summed E-state index contributed by atoms with van der Waals surface area (Å²) >= 11 is 0. The molecule has 1 aliphatic rings. The van der Waals surface area contributed by atoms with Crippen molar-refractivity contribution in [1.29, 1.82) is 5.26 Å². The Balaban J connectivity index is 1.72. The second kappa shape index (κ2) is 6.31. The third kappa shape index (κ3) is 3.41. The van der Waals surface area contributed by atoms with Crippen LogP contribution in [0.25, 0.3) is 0 Å². The molecule has 0 saturated heterocycles. The molecule has 1 aromatic rings. The average Bonchev–Trinajstić information content (AvgIpc) is 2.93. The van der Waals surface area contributed by atoms with Crippen molar-refractivity contribution in [3.8, 4) is 6.07 Å². The number of aromatic nitrogens is 2. The van der Waals surface area contributed by atoms with Crippen LogP contribution in [0.1, 0.15) is 31.4 Å². The Labute approximate surface area is 108 Å². The van der Waals surface area contributed by atoms with E-state index < -0.39 is 0 Å². The lowest BCUT2D eigenvalue weighted by Crippen LogP contribution is -2.33. The van der Waals surface area contributed by atoms with E-state index in [9.17, 15) is 0 Å². The summed E-state index contributed by atoms with van der Waals surface area (Å²) in [5, 5.41) is 11.8. The fourth-order valence-electron chi connectivity index (χ4n) is 2.36. The van der Waals surface area contributed by atoms with Crippen molar-refractivity contribution < 1.29 is 0 Å². The molecule has 0 amide bonds. The maximum Gasteiger partial charge on any atom is 0.158 e. The fourth-order valence-corrected chi connectivity index (χ4v) is 2.36. The van der Waals surface area contributed by atoms with Gasteiger partial charge in [-0.2, -0.15) is 5.26 Å². The smallest absolute Gasteiger partial charge is 0.158 e. The van der Waals surface area contributed by atoms with E-state index in [0.717, 1.165) is 24.9 Å². The molecule has 0 aliphatic heterocycles. The van der Waals surface area contributed by atoms with Gasteiger partial charge in [0.25, 0.3) is 0 Å². The molecule has 18 heavy (non-hydrogen) atoms. The lowest BCUT2D eigenvalue weighted by atomic mass is 10.2. The molecule has 5 nitrogen and oxygen atoms in total. The highest BCUT2D eigenvalue weighted by molar-refractivity contribution is 5.32. The Hall–Kier alpha value is -1.67. The van der Waals surface area contributed by atoms with Crippen molar-refractivity contribution in [1.82, 2.24) is 14.9 Å². The Morgan fingerprint density at radius 1 is 1.39 bits per heavy atom.